The second kappa shape index (κ2) is 32.2. The van der Waals surface area contributed by atoms with Gasteiger partial charge in [0.05, 0.1) is 7.11 Å². The lowest BCUT2D eigenvalue weighted by Gasteiger charge is -2.42. The van der Waals surface area contributed by atoms with Gasteiger partial charge in [-0.05, 0) is 54.3 Å². The molecule has 426 valence electrons. The second-order valence-corrected chi connectivity index (χ2v) is 21.5. The number of esters is 1. The van der Waals surface area contributed by atoms with Crippen LogP contribution in [-0.4, -0.2) is 179 Å². The van der Waals surface area contributed by atoms with Crippen LogP contribution in [0, 0.1) is 41.4 Å². The van der Waals surface area contributed by atoms with Crippen LogP contribution in [0.3, 0.4) is 0 Å². The van der Waals surface area contributed by atoms with Crippen molar-refractivity contribution in [2.45, 2.75) is 204 Å². The van der Waals surface area contributed by atoms with E-state index in [9.17, 15) is 53.1 Å². The molecule has 0 aliphatic heterocycles. The Kier molecular flexibility index (Phi) is 29.9. The lowest BCUT2D eigenvalue weighted by atomic mass is 9.90. The number of nitrogens with zero attached hydrogens (tertiary/aromatic N) is 5. The Labute approximate surface area is 443 Å². The number of hydrogen-bond donors (Lipinski definition) is 4. The molecule has 20 heteroatoms. The molecule has 0 saturated heterocycles. The van der Waals surface area contributed by atoms with E-state index < -0.39 is 137 Å². The molecule has 0 radical (unpaired) electrons. The van der Waals surface area contributed by atoms with Crippen LogP contribution < -0.4 is 16.0 Å². The third kappa shape index (κ3) is 18.8. The number of aliphatic carboxylic acids is 1. The number of hydrogen-bond acceptors (Lipinski definition) is 11. The van der Waals surface area contributed by atoms with Crippen molar-refractivity contribution in [3.05, 3.63) is 0 Å². The molecule has 8 amide bonds. The van der Waals surface area contributed by atoms with E-state index in [2.05, 4.69) is 16.0 Å². The predicted molar refractivity (Wildman–Crippen MR) is 285 cm³/mol. The first-order chi connectivity index (χ1) is 34.3. The fourth-order valence-electron chi connectivity index (χ4n) is 9.34. The number of rotatable bonds is 32. The lowest BCUT2D eigenvalue weighted by Crippen LogP contribution is -2.64. The van der Waals surface area contributed by atoms with E-state index in [0.717, 1.165) is 0 Å². The number of carbonyl (C=O) groups is 10. The quantitative estimate of drug-likeness (QED) is 0.0677. The molecular formula is C54H98N8O12. The molecule has 13 atom stereocenters. The maximum Gasteiger partial charge on any atom is 0.326 e. The Morgan fingerprint density at radius 2 is 0.824 bits per heavy atom. The minimum absolute atomic E-state index is 0.0295. The highest BCUT2D eigenvalue weighted by atomic mass is 16.5. The number of amides is 8. The Bertz CT molecular complexity index is 1900. The maximum atomic E-state index is 15.0. The number of carboxylic acids is 1. The van der Waals surface area contributed by atoms with Gasteiger partial charge in [-0.2, -0.15) is 0 Å². The van der Waals surface area contributed by atoms with Gasteiger partial charge in [-0.25, -0.2) is 4.79 Å². The van der Waals surface area contributed by atoms with Crippen LogP contribution in [0.2, 0.25) is 0 Å². The Morgan fingerprint density at radius 3 is 1.18 bits per heavy atom. The molecule has 0 heterocycles. The number of ether oxygens (including phenoxy) is 1. The van der Waals surface area contributed by atoms with Crippen molar-refractivity contribution in [3.8, 4) is 0 Å². The van der Waals surface area contributed by atoms with Crippen LogP contribution in [0.1, 0.15) is 155 Å². The average Bonchev–Trinajstić information content (AvgIpc) is 3.35. The van der Waals surface area contributed by atoms with Crippen molar-refractivity contribution in [2.75, 3.05) is 42.3 Å². The topological polar surface area (TPSA) is 252 Å². The molecular weight excluding hydrogens is 953 g/mol. The van der Waals surface area contributed by atoms with Crippen LogP contribution in [-0.2, 0) is 52.7 Å². The van der Waals surface area contributed by atoms with E-state index in [1.165, 1.54) is 73.8 Å². The minimum atomic E-state index is -1.17. The fraction of sp³-hybridized carbons (Fsp3) is 0.815. The van der Waals surface area contributed by atoms with Crippen LogP contribution in [0.4, 0.5) is 0 Å². The lowest BCUT2D eigenvalue weighted by molar-refractivity contribution is -0.159. The molecule has 0 aromatic rings. The molecule has 74 heavy (non-hydrogen) atoms. The highest BCUT2D eigenvalue weighted by molar-refractivity contribution is 5.98. The molecule has 0 aromatic heterocycles. The monoisotopic (exact) mass is 1050 g/mol. The number of carboxylic acid groups (broad SMARTS) is 1. The van der Waals surface area contributed by atoms with E-state index in [0.29, 0.717) is 32.1 Å². The highest BCUT2D eigenvalue weighted by Gasteiger charge is 2.46. The van der Waals surface area contributed by atoms with Gasteiger partial charge in [0.1, 0.15) is 48.3 Å². The average molecular weight is 1050 g/mol. The Hall–Kier alpha value is -5.30. The first kappa shape index (κ1) is 68.7. The summed E-state index contributed by atoms with van der Waals surface area (Å²) < 4.78 is 4.71. The van der Waals surface area contributed by atoms with Crippen molar-refractivity contribution < 1.29 is 57.8 Å². The first-order valence-corrected chi connectivity index (χ1v) is 26.8. The minimum Gasteiger partial charge on any atom is -0.480 e. The van der Waals surface area contributed by atoms with Gasteiger partial charge in [0.15, 0.2) is 0 Å². The Balaban J connectivity index is 7.22. The van der Waals surface area contributed by atoms with Crippen molar-refractivity contribution in [1.29, 1.82) is 0 Å². The van der Waals surface area contributed by atoms with Gasteiger partial charge in [0.25, 0.3) is 0 Å². The molecule has 0 saturated carbocycles. The fourth-order valence-corrected chi connectivity index (χ4v) is 9.34. The summed E-state index contributed by atoms with van der Waals surface area (Å²) in [5.41, 5.74) is 0. The number of nitrogens with one attached hydrogen (secondary N) is 3. The normalized spacial score (nSPS) is 16.7. The van der Waals surface area contributed by atoms with Gasteiger partial charge in [-0.15, -0.1) is 0 Å². The van der Waals surface area contributed by atoms with Gasteiger partial charge in [0, 0.05) is 48.6 Å². The molecule has 0 bridgehead atoms. The molecule has 0 aliphatic rings. The van der Waals surface area contributed by atoms with Crippen molar-refractivity contribution in [3.63, 3.8) is 0 Å². The summed E-state index contributed by atoms with van der Waals surface area (Å²) in [7, 11) is 8.60. The molecule has 0 aromatic carbocycles. The SMILES string of the molecule is CCC(C)C(NC(=O)C(C(C)CC)N(C)C(=O)C(NC(=O)C(CCC(=O)OC)NC(C)=O)C(C)CC)C(=O)N(C)C(C(=O)N(C)C(C(=O)N(C)C(C(=O)N(C)C(CC(C)C)C(=O)O)C(C)CC)C(C)CC)C(C)C. The van der Waals surface area contributed by atoms with E-state index >= 15 is 0 Å². The van der Waals surface area contributed by atoms with Gasteiger partial charge >= 0.3 is 11.9 Å². The van der Waals surface area contributed by atoms with Gasteiger partial charge in [-0.1, -0.05) is 129 Å². The molecule has 13 unspecified atom stereocenters. The van der Waals surface area contributed by atoms with Crippen LogP contribution >= 0.6 is 0 Å². The first-order valence-electron chi connectivity index (χ1n) is 26.8. The summed E-state index contributed by atoms with van der Waals surface area (Å²) >= 11 is 0. The molecule has 4 N–H and O–H groups in total. The van der Waals surface area contributed by atoms with E-state index in [4.69, 9.17) is 4.74 Å². The zero-order valence-corrected chi connectivity index (χ0v) is 49.0. The third-order valence-corrected chi connectivity index (χ3v) is 15.2. The highest BCUT2D eigenvalue weighted by Crippen LogP contribution is 2.27. The molecule has 20 nitrogen and oxygen atoms in total. The van der Waals surface area contributed by atoms with E-state index in [1.54, 1.807) is 34.6 Å². The smallest absolute Gasteiger partial charge is 0.326 e. The van der Waals surface area contributed by atoms with E-state index in [1.807, 2.05) is 62.3 Å². The van der Waals surface area contributed by atoms with Crippen molar-refractivity contribution in [1.82, 2.24) is 40.4 Å². The number of likely N-dealkylation sites (N-methyl/N-ethyl adjacent to an activating group) is 5. The summed E-state index contributed by atoms with van der Waals surface area (Å²) in [6.07, 6.45) is 2.25. The predicted octanol–water partition coefficient (Wildman–Crippen LogP) is 4.57. The summed E-state index contributed by atoms with van der Waals surface area (Å²) in [5.74, 6) is -9.02. The van der Waals surface area contributed by atoms with Crippen LogP contribution in [0.15, 0.2) is 0 Å². The Morgan fingerprint density at radius 1 is 0.473 bits per heavy atom. The second-order valence-electron chi connectivity index (χ2n) is 21.5. The molecule has 0 aliphatic carbocycles. The maximum absolute atomic E-state index is 15.0. The zero-order valence-electron chi connectivity index (χ0n) is 49.0. The van der Waals surface area contributed by atoms with Gasteiger partial charge < -0.3 is 50.3 Å². The van der Waals surface area contributed by atoms with Gasteiger partial charge in [-0.3, -0.25) is 43.2 Å². The standard InChI is InChI=1S/C54H98N8O12/c1-22-32(10)41(56-47(65)38(55-37(15)63)27-28-40(64)74-21)50(68)60(18)44(34(12)24-3)48(66)57-42(33(11)23-2)49(67)59(17)43(31(8)9)51(69)61(19)46(36(14)26-5)53(71)62(20)45(35(13)25-4)52(70)58(16)39(54(72)73)29-30(6)7/h30-36,38-39,41-46H,22-29H2,1-21H3,(H,55,63)(H,56,65)(H,57,66)(H,72,73). The zero-order chi connectivity index (χ0) is 57.8. The summed E-state index contributed by atoms with van der Waals surface area (Å²) in [6, 6.07) is -9.00. The van der Waals surface area contributed by atoms with E-state index in [-0.39, 0.29) is 31.1 Å². The third-order valence-electron chi connectivity index (χ3n) is 15.2. The van der Waals surface area contributed by atoms with Crippen LogP contribution in [0.25, 0.3) is 0 Å². The summed E-state index contributed by atoms with van der Waals surface area (Å²) in [5, 5.41) is 18.4. The van der Waals surface area contributed by atoms with Crippen molar-refractivity contribution in [2.24, 2.45) is 41.4 Å². The molecule has 0 fully saturated rings. The summed E-state index contributed by atoms with van der Waals surface area (Å²) in [4.78, 5) is 145. The largest absolute Gasteiger partial charge is 0.480 e. The molecule has 0 spiro atoms. The summed E-state index contributed by atoms with van der Waals surface area (Å²) in [6.45, 7) is 26.8. The van der Waals surface area contributed by atoms with Crippen molar-refractivity contribution >= 4 is 59.2 Å². The number of carbonyl (C=O) groups excluding carboxylic acids is 9. The van der Waals surface area contributed by atoms with Gasteiger partial charge in [0.2, 0.25) is 47.3 Å². The van der Waals surface area contributed by atoms with Crippen LogP contribution in [0.5, 0.6) is 0 Å². The molecule has 0 rings (SSSR count). The number of methoxy groups -OCH3 is 1.